The molecule has 5 rings (SSSR count). The Labute approximate surface area is 182 Å². The summed E-state index contributed by atoms with van der Waals surface area (Å²) in [7, 11) is -3.23. The molecule has 3 heterocycles. The molecule has 2 aromatic carbocycles. The van der Waals surface area contributed by atoms with Crippen molar-refractivity contribution in [1.82, 2.24) is 19.0 Å². The number of hydrogen-bond acceptors (Lipinski definition) is 5. The maximum Gasteiger partial charge on any atom is 0.211 e. The van der Waals surface area contributed by atoms with E-state index < -0.39 is 10.0 Å². The maximum absolute atomic E-state index is 11.9. The molecule has 158 valence electrons. The summed E-state index contributed by atoms with van der Waals surface area (Å²) in [5.74, 6) is 0. The first-order valence-electron chi connectivity index (χ1n) is 10.3. The first-order valence-corrected chi connectivity index (χ1v) is 12.1. The summed E-state index contributed by atoms with van der Waals surface area (Å²) in [5, 5.41) is 14.3. The fourth-order valence-corrected chi connectivity index (χ4v) is 5.32. The van der Waals surface area contributed by atoms with Crippen molar-refractivity contribution in [1.29, 1.82) is 5.26 Å². The summed E-state index contributed by atoms with van der Waals surface area (Å²) in [6.45, 7) is 3.37. The highest BCUT2D eigenvalue weighted by Gasteiger charge is 2.27. The summed E-state index contributed by atoms with van der Waals surface area (Å²) in [4.78, 5) is 2.37. The van der Waals surface area contributed by atoms with Crippen LogP contribution in [0.25, 0.3) is 5.69 Å². The molecule has 0 amide bonds. The Morgan fingerprint density at radius 3 is 2.48 bits per heavy atom. The van der Waals surface area contributed by atoms with Gasteiger partial charge >= 0.3 is 0 Å². The standard InChI is InChI=1S/C23H23N5O2S/c1-31(29,30)27-9-8-23-21(16-27)12-25-28(23)22-7-6-17(10-20(22)11-24)13-26-14-18-4-2-3-5-19(18)15-26/h2-7,10,12H,8-9,13-16H2,1H3. The second-order valence-electron chi connectivity index (χ2n) is 8.25. The molecule has 0 saturated carbocycles. The lowest BCUT2D eigenvalue weighted by molar-refractivity contribution is 0.275. The highest BCUT2D eigenvalue weighted by molar-refractivity contribution is 7.88. The Balaban J connectivity index is 1.39. The molecule has 0 unspecified atom stereocenters. The van der Waals surface area contributed by atoms with Crippen LogP contribution < -0.4 is 0 Å². The van der Waals surface area contributed by atoms with Crippen LogP contribution in [0.2, 0.25) is 0 Å². The van der Waals surface area contributed by atoms with Crippen molar-refractivity contribution < 1.29 is 8.42 Å². The summed E-state index contributed by atoms with van der Waals surface area (Å²) < 4.78 is 27.0. The van der Waals surface area contributed by atoms with Crippen LogP contribution >= 0.6 is 0 Å². The predicted molar refractivity (Wildman–Crippen MR) is 117 cm³/mol. The lowest BCUT2D eigenvalue weighted by atomic mass is 10.1. The van der Waals surface area contributed by atoms with Crippen LogP contribution in [-0.2, 0) is 42.6 Å². The highest BCUT2D eigenvalue weighted by atomic mass is 32.2. The van der Waals surface area contributed by atoms with Crippen molar-refractivity contribution in [2.75, 3.05) is 12.8 Å². The molecule has 1 aromatic heterocycles. The molecule has 0 saturated heterocycles. The zero-order valence-corrected chi connectivity index (χ0v) is 18.1. The highest BCUT2D eigenvalue weighted by Crippen LogP contribution is 2.27. The SMILES string of the molecule is CS(=O)(=O)N1CCc2c(cnn2-c2ccc(CN3Cc4ccccc4C3)cc2C#N)C1. The number of fused-ring (bicyclic) bond motifs is 2. The molecule has 0 N–H and O–H groups in total. The molecular weight excluding hydrogens is 410 g/mol. The van der Waals surface area contributed by atoms with Gasteiger partial charge in [0, 0.05) is 44.7 Å². The van der Waals surface area contributed by atoms with E-state index >= 15 is 0 Å². The lowest BCUT2D eigenvalue weighted by Gasteiger charge is -2.25. The third-order valence-corrected chi connectivity index (χ3v) is 7.34. The molecule has 0 aliphatic carbocycles. The minimum absolute atomic E-state index is 0.323. The molecule has 0 fully saturated rings. The van der Waals surface area contributed by atoms with E-state index in [0.717, 1.165) is 42.1 Å². The van der Waals surface area contributed by atoms with Gasteiger partial charge in [0.25, 0.3) is 0 Å². The van der Waals surface area contributed by atoms with Crippen molar-refractivity contribution in [2.24, 2.45) is 0 Å². The number of nitriles is 1. The largest absolute Gasteiger partial charge is 0.291 e. The number of aromatic nitrogens is 2. The molecule has 0 radical (unpaired) electrons. The Kier molecular flexibility index (Phi) is 4.89. The second kappa shape index (κ2) is 7.61. The maximum atomic E-state index is 11.9. The van der Waals surface area contributed by atoms with Gasteiger partial charge in [-0.15, -0.1) is 0 Å². The van der Waals surface area contributed by atoms with Crippen LogP contribution in [0, 0.1) is 11.3 Å². The number of sulfonamides is 1. The minimum atomic E-state index is -3.23. The number of rotatable bonds is 4. The lowest BCUT2D eigenvalue weighted by Crippen LogP contribution is -2.35. The van der Waals surface area contributed by atoms with Crippen molar-refractivity contribution in [3.63, 3.8) is 0 Å². The zero-order valence-electron chi connectivity index (χ0n) is 17.3. The van der Waals surface area contributed by atoms with E-state index in [4.69, 9.17) is 0 Å². The molecule has 0 bridgehead atoms. The third-order valence-electron chi connectivity index (χ3n) is 6.09. The van der Waals surface area contributed by atoms with Gasteiger partial charge in [0.15, 0.2) is 0 Å². The van der Waals surface area contributed by atoms with Gasteiger partial charge in [0.2, 0.25) is 10.0 Å². The summed E-state index contributed by atoms with van der Waals surface area (Å²) in [6.07, 6.45) is 3.51. The average Bonchev–Trinajstić information content (AvgIpc) is 3.36. The molecule has 31 heavy (non-hydrogen) atoms. The number of nitrogens with zero attached hydrogens (tertiary/aromatic N) is 5. The molecule has 3 aromatic rings. The van der Waals surface area contributed by atoms with Crippen LogP contribution in [0.4, 0.5) is 0 Å². The van der Waals surface area contributed by atoms with Crippen LogP contribution in [0.5, 0.6) is 0 Å². The molecule has 8 heteroatoms. The van der Waals surface area contributed by atoms with Crippen LogP contribution in [0.15, 0.2) is 48.7 Å². The second-order valence-corrected chi connectivity index (χ2v) is 10.2. The van der Waals surface area contributed by atoms with Crippen LogP contribution in [-0.4, -0.2) is 40.2 Å². The number of benzene rings is 2. The monoisotopic (exact) mass is 433 g/mol. The molecule has 2 aliphatic rings. The van der Waals surface area contributed by atoms with E-state index in [2.05, 4.69) is 46.4 Å². The fraction of sp³-hybridized carbons (Fsp3) is 0.304. The quantitative estimate of drug-likeness (QED) is 0.632. The summed E-state index contributed by atoms with van der Waals surface area (Å²) in [5.41, 5.74) is 7.00. The van der Waals surface area contributed by atoms with Gasteiger partial charge in [-0.1, -0.05) is 30.3 Å². The molecule has 2 aliphatic heterocycles. The van der Waals surface area contributed by atoms with Gasteiger partial charge < -0.3 is 0 Å². The zero-order chi connectivity index (χ0) is 21.6. The molecule has 0 atom stereocenters. The minimum Gasteiger partial charge on any atom is -0.291 e. The van der Waals surface area contributed by atoms with Crippen molar-refractivity contribution in [3.8, 4) is 11.8 Å². The normalized spacial score (nSPS) is 16.6. The van der Waals surface area contributed by atoms with E-state index in [9.17, 15) is 13.7 Å². The van der Waals surface area contributed by atoms with Gasteiger partial charge in [0.1, 0.15) is 6.07 Å². The summed E-state index contributed by atoms with van der Waals surface area (Å²) >= 11 is 0. The van der Waals surface area contributed by atoms with E-state index in [1.807, 2.05) is 12.1 Å². The molecule has 7 nitrogen and oxygen atoms in total. The molecular formula is C23H23N5O2S. The van der Waals surface area contributed by atoms with Crippen molar-refractivity contribution in [2.45, 2.75) is 32.6 Å². The summed E-state index contributed by atoms with van der Waals surface area (Å²) in [6, 6.07) is 16.8. The first-order chi connectivity index (χ1) is 14.9. The first kappa shape index (κ1) is 19.9. The predicted octanol–water partition coefficient (Wildman–Crippen LogP) is 2.58. The van der Waals surface area contributed by atoms with E-state index in [1.54, 1.807) is 10.9 Å². The van der Waals surface area contributed by atoms with E-state index in [1.165, 1.54) is 21.7 Å². The smallest absolute Gasteiger partial charge is 0.211 e. The van der Waals surface area contributed by atoms with Crippen LogP contribution in [0.3, 0.4) is 0 Å². The Morgan fingerprint density at radius 1 is 1.06 bits per heavy atom. The van der Waals surface area contributed by atoms with Crippen molar-refractivity contribution >= 4 is 10.0 Å². The topological polar surface area (TPSA) is 82.2 Å². The Bertz CT molecular complexity index is 1280. The van der Waals surface area contributed by atoms with E-state index in [0.29, 0.717) is 25.1 Å². The number of hydrogen-bond donors (Lipinski definition) is 0. The van der Waals surface area contributed by atoms with Crippen molar-refractivity contribution in [3.05, 3.63) is 82.2 Å². The van der Waals surface area contributed by atoms with Gasteiger partial charge in [-0.3, -0.25) is 4.90 Å². The Hall–Kier alpha value is -2.99. The fourth-order valence-electron chi connectivity index (χ4n) is 4.53. The van der Waals surface area contributed by atoms with E-state index in [-0.39, 0.29) is 0 Å². The average molecular weight is 434 g/mol. The Morgan fingerprint density at radius 2 is 1.81 bits per heavy atom. The van der Waals surface area contributed by atoms with Gasteiger partial charge in [-0.05, 0) is 28.8 Å². The van der Waals surface area contributed by atoms with Crippen LogP contribution in [0.1, 0.15) is 33.5 Å². The van der Waals surface area contributed by atoms with Gasteiger partial charge in [-0.25, -0.2) is 13.1 Å². The van der Waals surface area contributed by atoms with Gasteiger partial charge in [0.05, 0.1) is 29.4 Å². The van der Waals surface area contributed by atoms with Gasteiger partial charge in [-0.2, -0.15) is 14.7 Å². The third kappa shape index (κ3) is 3.76. The molecule has 0 spiro atoms.